The van der Waals surface area contributed by atoms with Gasteiger partial charge in [-0.15, -0.1) is 0 Å². The molecule has 2 aromatic carbocycles. The van der Waals surface area contributed by atoms with Gasteiger partial charge >= 0.3 is 6.61 Å². The maximum Gasteiger partial charge on any atom is 0.387 e. The van der Waals surface area contributed by atoms with Gasteiger partial charge < -0.3 is 14.8 Å². The third-order valence-corrected chi connectivity index (χ3v) is 5.42. The number of imide groups is 1. The molecular weight excluding hydrogens is 468 g/mol. The van der Waals surface area contributed by atoms with Crippen molar-refractivity contribution in [2.24, 2.45) is 0 Å². The molecule has 0 radical (unpaired) electrons. The number of nitrogens with one attached hydrogen (secondary N) is 1. The first-order valence-electron chi connectivity index (χ1n) is 10.0. The second-order valence-electron chi connectivity index (χ2n) is 6.90. The smallest absolute Gasteiger partial charge is 0.387 e. The number of carbonyl (C=O) groups excluding carboxylic acids is 3. The van der Waals surface area contributed by atoms with Gasteiger partial charge in [0.25, 0.3) is 17.1 Å². The SMILES string of the molecule is N#CCc1ccc(OCC(=O)NCCN2C(=O)S/C(=C\c3ccc(OC(F)F)cc3)C2=O)cc1. The Morgan fingerprint density at radius 1 is 1.12 bits per heavy atom. The second kappa shape index (κ2) is 11.8. The molecule has 1 N–H and O–H groups in total. The number of amides is 3. The van der Waals surface area contributed by atoms with Crippen LogP contribution in [-0.2, 0) is 16.0 Å². The molecule has 1 aliphatic rings. The molecule has 0 spiro atoms. The number of benzene rings is 2. The number of ether oxygens (including phenoxy) is 2. The lowest BCUT2D eigenvalue weighted by Crippen LogP contribution is -2.38. The van der Waals surface area contributed by atoms with E-state index in [4.69, 9.17) is 10.00 Å². The van der Waals surface area contributed by atoms with Crippen molar-refractivity contribution >= 4 is 34.9 Å². The lowest BCUT2D eigenvalue weighted by molar-refractivity contribution is -0.125. The zero-order valence-corrected chi connectivity index (χ0v) is 18.5. The van der Waals surface area contributed by atoms with Crippen LogP contribution in [0.5, 0.6) is 11.5 Å². The first-order chi connectivity index (χ1) is 16.4. The lowest BCUT2D eigenvalue weighted by Gasteiger charge is -2.13. The van der Waals surface area contributed by atoms with Crippen LogP contribution in [-0.4, -0.2) is 48.3 Å². The number of rotatable bonds is 10. The van der Waals surface area contributed by atoms with E-state index in [1.165, 1.54) is 30.3 Å². The zero-order valence-electron chi connectivity index (χ0n) is 17.7. The number of thioether (sulfide) groups is 1. The number of nitriles is 1. The van der Waals surface area contributed by atoms with Crippen molar-refractivity contribution in [3.8, 4) is 17.6 Å². The molecular formula is C23H19F2N3O5S. The molecule has 0 aliphatic carbocycles. The van der Waals surface area contributed by atoms with Crippen LogP contribution in [0.2, 0.25) is 0 Å². The second-order valence-corrected chi connectivity index (χ2v) is 7.89. The minimum atomic E-state index is -2.93. The highest BCUT2D eigenvalue weighted by molar-refractivity contribution is 8.18. The number of hydrogen-bond acceptors (Lipinski definition) is 7. The summed E-state index contributed by atoms with van der Waals surface area (Å²) in [5, 5.41) is 10.8. The van der Waals surface area contributed by atoms with Gasteiger partial charge in [-0.1, -0.05) is 24.3 Å². The van der Waals surface area contributed by atoms with Gasteiger partial charge in [-0.05, 0) is 53.2 Å². The third-order valence-electron chi connectivity index (χ3n) is 4.51. The van der Waals surface area contributed by atoms with Gasteiger partial charge in [0.2, 0.25) is 0 Å². The molecule has 1 fully saturated rings. The van der Waals surface area contributed by atoms with Gasteiger partial charge in [0.05, 0.1) is 17.4 Å². The molecule has 8 nitrogen and oxygen atoms in total. The van der Waals surface area contributed by atoms with Crippen LogP contribution in [0.1, 0.15) is 11.1 Å². The van der Waals surface area contributed by atoms with Crippen molar-refractivity contribution in [3.05, 3.63) is 64.6 Å². The Labute approximate surface area is 198 Å². The van der Waals surface area contributed by atoms with E-state index in [0.717, 1.165) is 22.2 Å². The van der Waals surface area contributed by atoms with Crippen LogP contribution >= 0.6 is 11.8 Å². The van der Waals surface area contributed by atoms with E-state index in [1.54, 1.807) is 24.3 Å². The Morgan fingerprint density at radius 3 is 2.44 bits per heavy atom. The van der Waals surface area contributed by atoms with Crippen molar-refractivity contribution in [2.45, 2.75) is 13.0 Å². The Morgan fingerprint density at radius 2 is 1.79 bits per heavy atom. The molecule has 0 bridgehead atoms. The highest BCUT2D eigenvalue weighted by atomic mass is 32.2. The summed E-state index contributed by atoms with van der Waals surface area (Å²) in [5.41, 5.74) is 1.38. The molecule has 34 heavy (non-hydrogen) atoms. The summed E-state index contributed by atoms with van der Waals surface area (Å²) >= 11 is 0.752. The van der Waals surface area contributed by atoms with Crippen LogP contribution in [0.25, 0.3) is 6.08 Å². The first-order valence-corrected chi connectivity index (χ1v) is 10.8. The quantitative estimate of drug-likeness (QED) is 0.510. The average Bonchev–Trinajstić information content (AvgIpc) is 3.07. The van der Waals surface area contributed by atoms with Crippen LogP contribution in [0.4, 0.5) is 13.6 Å². The van der Waals surface area contributed by atoms with E-state index >= 15 is 0 Å². The predicted molar refractivity (Wildman–Crippen MR) is 120 cm³/mol. The zero-order chi connectivity index (χ0) is 24.5. The number of carbonyl (C=O) groups is 3. The van der Waals surface area contributed by atoms with E-state index in [1.807, 2.05) is 6.07 Å². The van der Waals surface area contributed by atoms with Gasteiger partial charge in [0.15, 0.2) is 6.61 Å². The topological polar surface area (TPSA) is 109 Å². The van der Waals surface area contributed by atoms with Crippen LogP contribution < -0.4 is 14.8 Å². The number of halogens is 2. The fraction of sp³-hybridized carbons (Fsp3) is 0.217. The fourth-order valence-electron chi connectivity index (χ4n) is 2.89. The molecule has 1 heterocycles. The molecule has 3 amide bonds. The Kier molecular flexibility index (Phi) is 8.59. The van der Waals surface area contributed by atoms with Gasteiger partial charge in [0, 0.05) is 13.1 Å². The van der Waals surface area contributed by atoms with Crippen LogP contribution in [0.15, 0.2) is 53.4 Å². The first kappa shape index (κ1) is 24.7. The summed E-state index contributed by atoms with van der Waals surface area (Å²) in [7, 11) is 0. The van der Waals surface area contributed by atoms with Crippen molar-refractivity contribution in [2.75, 3.05) is 19.7 Å². The van der Waals surface area contributed by atoms with E-state index in [0.29, 0.717) is 11.3 Å². The summed E-state index contributed by atoms with van der Waals surface area (Å²) in [6.45, 7) is -3.15. The van der Waals surface area contributed by atoms with E-state index in [9.17, 15) is 23.2 Å². The van der Waals surface area contributed by atoms with E-state index < -0.39 is 23.7 Å². The predicted octanol–water partition coefficient (Wildman–Crippen LogP) is 3.59. The van der Waals surface area contributed by atoms with Gasteiger partial charge in [0.1, 0.15) is 11.5 Å². The van der Waals surface area contributed by atoms with Crippen molar-refractivity contribution in [3.63, 3.8) is 0 Å². The lowest BCUT2D eigenvalue weighted by atomic mass is 10.2. The highest BCUT2D eigenvalue weighted by Crippen LogP contribution is 2.32. The minimum Gasteiger partial charge on any atom is -0.484 e. The minimum absolute atomic E-state index is 0.0161. The Balaban J connectivity index is 1.45. The summed E-state index contributed by atoms with van der Waals surface area (Å²) in [6.07, 6.45) is 1.76. The molecule has 2 aromatic rings. The molecule has 0 unspecified atom stereocenters. The summed E-state index contributed by atoms with van der Waals surface area (Å²) < 4.78 is 34.1. The molecule has 1 aliphatic heterocycles. The maximum absolute atomic E-state index is 12.5. The Hall–Kier alpha value is -3.91. The molecule has 176 valence electrons. The van der Waals surface area contributed by atoms with Crippen molar-refractivity contribution in [1.82, 2.24) is 10.2 Å². The van der Waals surface area contributed by atoms with Crippen LogP contribution in [0, 0.1) is 11.3 Å². The van der Waals surface area contributed by atoms with E-state index in [-0.39, 0.29) is 36.8 Å². The largest absolute Gasteiger partial charge is 0.484 e. The standard InChI is InChI=1S/C23H19F2N3O5S/c24-22(25)33-18-7-3-16(4-8-18)13-19-21(30)28(23(31)34-19)12-11-27-20(29)14-32-17-5-1-15(2-6-17)9-10-26/h1-8,13,22H,9,11-12,14H2,(H,27,29)/b19-13-. The molecule has 0 atom stereocenters. The summed E-state index contributed by atoms with van der Waals surface area (Å²) in [6, 6.07) is 14.5. The number of hydrogen-bond donors (Lipinski definition) is 1. The van der Waals surface area contributed by atoms with Gasteiger partial charge in [-0.3, -0.25) is 19.3 Å². The molecule has 0 saturated carbocycles. The number of nitrogens with zero attached hydrogens (tertiary/aromatic N) is 2. The van der Waals surface area contributed by atoms with Crippen molar-refractivity contribution in [1.29, 1.82) is 5.26 Å². The van der Waals surface area contributed by atoms with Gasteiger partial charge in [-0.2, -0.15) is 14.0 Å². The highest BCUT2D eigenvalue weighted by Gasteiger charge is 2.34. The van der Waals surface area contributed by atoms with Crippen molar-refractivity contribution < 1.29 is 32.6 Å². The summed E-state index contributed by atoms with van der Waals surface area (Å²) in [4.78, 5) is 37.9. The molecule has 11 heteroatoms. The molecule has 3 rings (SSSR count). The van der Waals surface area contributed by atoms with E-state index in [2.05, 4.69) is 10.1 Å². The van der Waals surface area contributed by atoms with Crippen LogP contribution in [0.3, 0.4) is 0 Å². The monoisotopic (exact) mass is 487 g/mol. The average molecular weight is 487 g/mol. The molecule has 0 aromatic heterocycles. The maximum atomic E-state index is 12.5. The summed E-state index contributed by atoms with van der Waals surface area (Å²) in [5.74, 6) is -0.474. The van der Waals surface area contributed by atoms with Gasteiger partial charge in [-0.25, -0.2) is 0 Å². The number of alkyl halides is 2. The third kappa shape index (κ3) is 7.05. The normalized spacial score (nSPS) is 14.4. The fourth-order valence-corrected chi connectivity index (χ4v) is 3.76. The Bertz CT molecular complexity index is 1110. The molecule has 1 saturated heterocycles.